The van der Waals surface area contributed by atoms with Crippen molar-refractivity contribution in [2.24, 2.45) is 5.92 Å². The minimum absolute atomic E-state index is 0.00168. The summed E-state index contributed by atoms with van der Waals surface area (Å²) in [4.78, 5) is 33.7. The van der Waals surface area contributed by atoms with E-state index in [1.54, 1.807) is 13.8 Å². The molecule has 0 bridgehead atoms. The van der Waals surface area contributed by atoms with Crippen molar-refractivity contribution < 1.29 is 24.6 Å². The van der Waals surface area contributed by atoms with Gasteiger partial charge in [0.2, 0.25) is 11.8 Å². The zero-order valence-electron chi connectivity index (χ0n) is 11.3. The van der Waals surface area contributed by atoms with Crippen LogP contribution < -0.4 is 10.6 Å². The summed E-state index contributed by atoms with van der Waals surface area (Å²) in [6.45, 7) is 3.75. The maximum Gasteiger partial charge on any atom is 0.326 e. The van der Waals surface area contributed by atoms with E-state index >= 15 is 0 Å². The van der Waals surface area contributed by atoms with Crippen LogP contribution in [0.4, 0.5) is 0 Å². The van der Waals surface area contributed by atoms with E-state index in [9.17, 15) is 14.4 Å². The molecule has 110 valence electrons. The highest BCUT2D eigenvalue weighted by Crippen LogP contribution is 2.02. The predicted octanol–water partition coefficient (Wildman–Crippen LogP) is -0.509. The fraction of sp³-hybridized carbons (Fsp3) is 0.750. The molecule has 0 aliphatic heterocycles. The number of hydrogen-bond donors (Lipinski definition) is 4. The van der Waals surface area contributed by atoms with Crippen molar-refractivity contribution in [2.75, 3.05) is 13.2 Å². The molecule has 0 fully saturated rings. The number of aliphatic hydroxyl groups is 1. The van der Waals surface area contributed by atoms with Crippen LogP contribution in [-0.4, -0.2) is 47.2 Å². The third kappa shape index (κ3) is 8.15. The minimum atomic E-state index is -1.09. The Kier molecular flexibility index (Phi) is 8.52. The van der Waals surface area contributed by atoms with Crippen molar-refractivity contribution in [3.05, 3.63) is 0 Å². The lowest BCUT2D eigenvalue weighted by molar-refractivity contribution is -0.143. The number of carbonyl (C=O) groups is 3. The molecule has 7 nitrogen and oxygen atoms in total. The van der Waals surface area contributed by atoms with E-state index in [1.165, 1.54) is 0 Å². The monoisotopic (exact) mass is 274 g/mol. The molecule has 0 radical (unpaired) electrons. The maximum absolute atomic E-state index is 11.5. The number of aliphatic carboxylic acids is 1. The Bertz CT molecular complexity index is 317. The molecule has 0 aromatic heterocycles. The summed E-state index contributed by atoms with van der Waals surface area (Å²) in [5, 5.41) is 22.3. The highest BCUT2D eigenvalue weighted by Gasteiger charge is 2.23. The Balaban J connectivity index is 3.97. The number of carboxylic acids is 1. The van der Waals surface area contributed by atoms with Gasteiger partial charge in [-0.15, -0.1) is 0 Å². The first kappa shape index (κ1) is 17.4. The van der Waals surface area contributed by atoms with Gasteiger partial charge in [0.05, 0.1) is 0 Å². The lowest BCUT2D eigenvalue weighted by atomic mass is 10.0. The molecule has 0 spiro atoms. The second kappa shape index (κ2) is 9.32. The van der Waals surface area contributed by atoms with E-state index in [-0.39, 0.29) is 31.3 Å². The average Bonchev–Trinajstić information content (AvgIpc) is 2.33. The summed E-state index contributed by atoms with van der Waals surface area (Å²) in [6.07, 6.45) is 0.412. The van der Waals surface area contributed by atoms with Crippen LogP contribution in [0.2, 0.25) is 0 Å². The van der Waals surface area contributed by atoms with Gasteiger partial charge in [-0.25, -0.2) is 4.79 Å². The number of carboxylic acid groups (broad SMARTS) is 1. The lowest BCUT2D eigenvalue weighted by Crippen LogP contribution is -2.44. The van der Waals surface area contributed by atoms with Gasteiger partial charge in [-0.2, -0.15) is 0 Å². The summed E-state index contributed by atoms with van der Waals surface area (Å²) in [5.74, 6) is -2.06. The third-order valence-electron chi connectivity index (χ3n) is 2.49. The van der Waals surface area contributed by atoms with Gasteiger partial charge in [-0.05, 0) is 12.3 Å². The number of nitrogens with one attached hydrogen (secondary N) is 2. The molecule has 0 aliphatic carbocycles. The van der Waals surface area contributed by atoms with Gasteiger partial charge in [-0.3, -0.25) is 9.59 Å². The molecule has 0 saturated carbocycles. The van der Waals surface area contributed by atoms with Crippen molar-refractivity contribution in [2.45, 2.75) is 39.2 Å². The Morgan fingerprint density at radius 3 is 2.16 bits per heavy atom. The number of rotatable bonds is 9. The number of aliphatic hydroxyl groups excluding tert-OH is 1. The summed E-state index contributed by atoms with van der Waals surface area (Å²) in [6, 6.07) is -0.940. The molecule has 0 aromatic rings. The van der Waals surface area contributed by atoms with Gasteiger partial charge in [0, 0.05) is 26.0 Å². The third-order valence-corrected chi connectivity index (χ3v) is 2.49. The van der Waals surface area contributed by atoms with Crippen molar-refractivity contribution in [3.8, 4) is 0 Å². The molecule has 1 unspecified atom stereocenters. The number of amides is 2. The van der Waals surface area contributed by atoms with Gasteiger partial charge in [0.25, 0.3) is 0 Å². The number of hydrogen-bond acceptors (Lipinski definition) is 4. The second-order valence-electron chi connectivity index (χ2n) is 4.55. The van der Waals surface area contributed by atoms with Gasteiger partial charge in [-0.1, -0.05) is 13.8 Å². The summed E-state index contributed by atoms with van der Waals surface area (Å²) in [7, 11) is 0. The molecule has 1 atom stereocenters. The van der Waals surface area contributed by atoms with E-state index in [1.807, 2.05) is 0 Å². The van der Waals surface area contributed by atoms with Gasteiger partial charge < -0.3 is 20.8 Å². The van der Waals surface area contributed by atoms with Crippen LogP contribution >= 0.6 is 0 Å². The number of carbonyl (C=O) groups excluding carboxylic acids is 2. The van der Waals surface area contributed by atoms with E-state index < -0.39 is 17.9 Å². The second-order valence-corrected chi connectivity index (χ2v) is 4.55. The zero-order valence-corrected chi connectivity index (χ0v) is 11.3. The van der Waals surface area contributed by atoms with Crippen LogP contribution in [0.15, 0.2) is 0 Å². The molecule has 4 N–H and O–H groups in total. The molecule has 0 aromatic carbocycles. The van der Waals surface area contributed by atoms with Crippen molar-refractivity contribution >= 4 is 17.8 Å². The summed E-state index contributed by atoms with van der Waals surface area (Å²) >= 11 is 0. The molecule has 0 aliphatic rings. The van der Waals surface area contributed by atoms with Gasteiger partial charge in [0.15, 0.2) is 0 Å². The van der Waals surface area contributed by atoms with Gasteiger partial charge >= 0.3 is 5.97 Å². The smallest absolute Gasteiger partial charge is 0.326 e. The Hall–Kier alpha value is -1.63. The quantitative estimate of drug-likeness (QED) is 0.423. The normalized spacial score (nSPS) is 12.0. The lowest BCUT2D eigenvalue weighted by Gasteiger charge is -2.17. The van der Waals surface area contributed by atoms with Crippen LogP contribution in [0, 0.1) is 5.92 Å². The van der Waals surface area contributed by atoms with Crippen LogP contribution in [0.1, 0.15) is 33.1 Å². The molecular weight excluding hydrogens is 252 g/mol. The molecule has 7 heteroatoms. The molecule has 0 rings (SSSR count). The molecule has 0 saturated heterocycles. The fourth-order valence-corrected chi connectivity index (χ4v) is 1.38. The van der Waals surface area contributed by atoms with E-state index in [4.69, 9.17) is 10.2 Å². The minimum Gasteiger partial charge on any atom is -0.480 e. The van der Waals surface area contributed by atoms with Crippen molar-refractivity contribution in [1.82, 2.24) is 10.6 Å². The zero-order chi connectivity index (χ0) is 14.8. The fourth-order valence-electron chi connectivity index (χ4n) is 1.38. The van der Waals surface area contributed by atoms with Crippen LogP contribution in [0.25, 0.3) is 0 Å². The van der Waals surface area contributed by atoms with E-state index in [0.717, 1.165) is 0 Å². The van der Waals surface area contributed by atoms with Crippen LogP contribution in [0.3, 0.4) is 0 Å². The van der Waals surface area contributed by atoms with E-state index in [2.05, 4.69) is 10.6 Å². The predicted molar refractivity (Wildman–Crippen MR) is 68.4 cm³/mol. The summed E-state index contributed by atoms with van der Waals surface area (Å²) in [5.41, 5.74) is 0. The largest absolute Gasteiger partial charge is 0.480 e. The first-order chi connectivity index (χ1) is 8.88. The van der Waals surface area contributed by atoms with Crippen LogP contribution in [-0.2, 0) is 14.4 Å². The molecule has 0 heterocycles. The van der Waals surface area contributed by atoms with Crippen molar-refractivity contribution in [1.29, 1.82) is 0 Å². The Morgan fingerprint density at radius 1 is 1.11 bits per heavy atom. The first-order valence-corrected chi connectivity index (χ1v) is 6.28. The summed E-state index contributed by atoms with van der Waals surface area (Å²) < 4.78 is 0. The average molecular weight is 274 g/mol. The highest BCUT2D eigenvalue weighted by atomic mass is 16.4. The molecule has 19 heavy (non-hydrogen) atoms. The standard InChI is InChI=1S/C12H22N2O5/c1-8(2)11(12(18)19)14-10(17)5-4-9(16)13-6-3-7-15/h8,11,15H,3-7H2,1-2H3,(H,13,16)(H,14,17)(H,18,19). The Labute approximate surface area is 112 Å². The molecule has 2 amide bonds. The van der Waals surface area contributed by atoms with Gasteiger partial charge in [0.1, 0.15) is 6.04 Å². The molecular formula is C12H22N2O5. The topological polar surface area (TPSA) is 116 Å². The van der Waals surface area contributed by atoms with Crippen molar-refractivity contribution in [3.63, 3.8) is 0 Å². The SMILES string of the molecule is CC(C)C(NC(=O)CCC(=O)NCCCO)C(=O)O. The highest BCUT2D eigenvalue weighted by molar-refractivity contribution is 5.86. The Morgan fingerprint density at radius 2 is 1.68 bits per heavy atom. The van der Waals surface area contributed by atoms with Crippen LogP contribution in [0.5, 0.6) is 0 Å². The van der Waals surface area contributed by atoms with E-state index in [0.29, 0.717) is 13.0 Å². The first-order valence-electron chi connectivity index (χ1n) is 6.28. The maximum atomic E-state index is 11.5.